The summed E-state index contributed by atoms with van der Waals surface area (Å²) >= 11 is 0. The molecule has 0 saturated carbocycles. The van der Waals surface area contributed by atoms with E-state index in [0.717, 1.165) is 96.3 Å². The van der Waals surface area contributed by atoms with Gasteiger partial charge in [-0.15, -0.1) is 0 Å². The van der Waals surface area contributed by atoms with Crippen molar-refractivity contribution in [3.05, 3.63) is 109 Å². The molecule has 0 aromatic heterocycles. The molecule has 0 aliphatic rings. The Kier molecular flexibility index (Phi) is 61.6. The first-order valence-corrected chi connectivity index (χ1v) is 36.1. The normalized spacial score (nSPS) is 13.8. The molecule has 9 nitrogen and oxygen atoms in total. The van der Waals surface area contributed by atoms with Crippen molar-refractivity contribution < 1.29 is 42.1 Å². The smallest absolute Gasteiger partial charge is 0.306 e. The van der Waals surface area contributed by atoms with Gasteiger partial charge in [0.15, 0.2) is 6.10 Å². The van der Waals surface area contributed by atoms with Gasteiger partial charge in [0.05, 0.1) is 27.7 Å². The van der Waals surface area contributed by atoms with Crippen molar-refractivity contribution in [1.82, 2.24) is 0 Å². The number of carbonyl (C=O) groups excluding carboxylic acids is 2. The average molecular weight is 1190 g/mol. The van der Waals surface area contributed by atoms with Crippen LogP contribution in [0.25, 0.3) is 0 Å². The predicted molar refractivity (Wildman–Crippen MR) is 360 cm³/mol. The number of hydrogen-bond donors (Lipinski definition) is 0. The standard InChI is InChI=1S/C74H130NO8P/c1-6-8-10-12-14-16-18-20-22-24-26-28-30-32-34-36-37-39-40-42-44-46-48-50-52-54-56-58-60-62-64-66-73(76)80-70-72(71-82-84(78,79)81-69-68-75(3,4)5)83-74(77)67-65-63-61-59-57-55-53-51-49-47-45-43-41-38-35-33-31-29-27-25-23-21-19-17-15-13-11-9-7-2/h8-11,14-17,20-23,26-29,33,35,72H,6-7,12-13,18-19,24-25,30-32,34,36-71H2,1-5H3/b10-8-,11-9-,16-14-,17-15-,22-20-,23-21-,28-26-,29-27-,35-33-. The zero-order chi connectivity index (χ0) is 61.2. The molecule has 2 unspecified atom stereocenters. The van der Waals surface area contributed by atoms with Gasteiger partial charge in [0.2, 0.25) is 0 Å². The van der Waals surface area contributed by atoms with Gasteiger partial charge in [0, 0.05) is 12.8 Å². The topological polar surface area (TPSA) is 111 Å². The van der Waals surface area contributed by atoms with Crippen molar-refractivity contribution in [3.8, 4) is 0 Å². The summed E-state index contributed by atoms with van der Waals surface area (Å²) in [6.45, 7) is 4.04. The number of phosphoric acid groups is 1. The third-order valence-corrected chi connectivity index (χ3v) is 15.8. The molecule has 0 N–H and O–H groups in total. The fourth-order valence-electron chi connectivity index (χ4n) is 9.56. The van der Waals surface area contributed by atoms with Gasteiger partial charge in [0.25, 0.3) is 7.82 Å². The van der Waals surface area contributed by atoms with Gasteiger partial charge >= 0.3 is 11.9 Å². The number of nitrogens with zero attached hydrogens (tertiary/aromatic N) is 1. The number of allylic oxidation sites excluding steroid dienone is 18. The minimum Gasteiger partial charge on any atom is -0.756 e. The number of quaternary nitrogens is 1. The molecule has 0 heterocycles. The fourth-order valence-corrected chi connectivity index (χ4v) is 10.3. The number of ether oxygens (including phenoxy) is 2. The molecule has 0 radical (unpaired) electrons. The van der Waals surface area contributed by atoms with Crippen LogP contribution in [-0.2, 0) is 32.7 Å². The van der Waals surface area contributed by atoms with Crippen LogP contribution in [0.5, 0.6) is 0 Å². The first-order valence-electron chi connectivity index (χ1n) is 34.6. The number of rotatable bonds is 63. The van der Waals surface area contributed by atoms with Crippen LogP contribution in [0.2, 0.25) is 0 Å². The molecule has 2 atom stereocenters. The van der Waals surface area contributed by atoms with Crippen LogP contribution in [0.4, 0.5) is 0 Å². The third-order valence-electron chi connectivity index (χ3n) is 14.8. The maximum atomic E-state index is 12.9. The quantitative estimate of drug-likeness (QED) is 0.0195. The van der Waals surface area contributed by atoms with E-state index in [-0.39, 0.29) is 32.0 Å². The molecule has 0 bridgehead atoms. The molecule has 10 heteroatoms. The Hall–Kier alpha value is -3.33. The predicted octanol–water partition coefficient (Wildman–Crippen LogP) is 21.9. The van der Waals surface area contributed by atoms with Crippen molar-refractivity contribution in [2.24, 2.45) is 0 Å². The van der Waals surface area contributed by atoms with E-state index in [1.807, 2.05) is 21.1 Å². The second-order valence-corrected chi connectivity index (χ2v) is 25.5. The van der Waals surface area contributed by atoms with E-state index in [9.17, 15) is 19.0 Å². The first-order chi connectivity index (χ1) is 41.0. The van der Waals surface area contributed by atoms with Crippen LogP contribution in [0.3, 0.4) is 0 Å². The van der Waals surface area contributed by atoms with Crippen molar-refractivity contribution in [2.45, 2.75) is 302 Å². The highest BCUT2D eigenvalue weighted by Crippen LogP contribution is 2.38. The van der Waals surface area contributed by atoms with Crippen molar-refractivity contribution in [1.29, 1.82) is 0 Å². The summed E-state index contributed by atoms with van der Waals surface area (Å²) < 4.78 is 34.3. The SMILES string of the molecule is CC/C=C\C/C=C\C/C=C\C/C=C\C/C=C\CCCCCCCCCCCCCCCC(=O)OC(COC(=O)CCCCCCCCCCCCCCCCCCCC/C=C\C/C=C\C/C=C\C/C=C\CC)COP(=O)([O-])OCC[N+](C)(C)C. The Morgan fingerprint density at radius 2 is 0.643 bits per heavy atom. The molecule has 0 spiro atoms. The van der Waals surface area contributed by atoms with E-state index < -0.39 is 26.5 Å². The Balaban J connectivity index is 4.04. The summed E-state index contributed by atoms with van der Waals surface area (Å²) in [6.07, 6.45) is 90.2. The van der Waals surface area contributed by atoms with E-state index in [1.165, 1.54) is 167 Å². The molecule has 484 valence electrons. The monoisotopic (exact) mass is 1190 g/mol. The maximum Gasteiger partial charge on any atom is 0.306 e. The van der Waals surface area contributed by atoms with E-state index in [1.54, 1.807) is 0 Å². The Labute approximate surface area is 518 Å². The molecule has 0 fully saturated rings. The number of unbranched alkanes of at least 4 members (excludes halogenated alkanes) is 31. The van der Waals surface area contributed by atoms with Crippen LogP contribution >= 0.6 is 7.82 Å². The van der Waals surface area contributed by atoms with Crippen LogP contribution < -0.4 is 4.89 Å². The highest BCUT2D eigenvalue weighted by molar-refractivity contribution is 7.45. The zero-order valence-electron chi connectivity index (χ0n) is 55.1. The van der Waals surface area contributed by atoms with E-state index >= 15 is 0 Å². The van der Waals surface area contributed by atoms with Gasteiger partial charge < -0.3 is 27.9 Å². The largest absolute Gasteiger partial charge is 0.756 e. The highest BCUT2D eigenvalue weighted by atomic mass is 31.2. The Morgan fingerprint density at radius 1 is 0.369 bits per heavy atom. The molecule has 0 amide bonds. The summed E-state index contributed by atoms with van der Waals surface area (Å²) in [5.74, 6) is -0.828. The van der Waals surface area contributed by atoms with E-state index in [4.69, 9.17) is 18.5 Å². The van der Waals surface area contributed by atoms with Crippen molar-refractivity contribution in [3.63, 3.8) is 0 Å². The lowest BCUT2D eigenvalue weighted by molar-refractivity contribution is -0.870. The maximum absolute atomic E-state index is 12.9. The lowest BCUT2D eigenvalue weighted by Crippen LogP contribution is -2.37. The van der Waals surface area contributed by atoms with Gasteiger partial charge in [-0.3, -0.25) is 14.2 Å². The number of likely N-dealkylation sites (N-methyl/N-ethyl adjacent to an activating group) is 1. The van der Waals surface area contributed by atoms with Gasteiger partial charge in [0.1, 0.15) is 19.8 Å². The summed E-state index contributed by atoms with van der Waals surface area (Å²) in [6, 6.07) is 0. The zero-order valence-corrected chi connectivity index (χ0v) is 56.0. The lowest BCUT2D eigenvalue weighted by Gasteiger charge is -2.28. The second-order valence-electron chi connectivity index (χ2n) is 24.1. The summed E-state index contributed by atoms with van der Waals surface area (Å²) in [5, 5.41) is 0. The number of phosphoric ester groups is 1. The number of hydrogen-bond acceptors (Lipinski definition) is 8. The van der Waals surface area contributed by atoms with E-state index in [2.05, 4.69) is 123 Å². The van der Waals surface area contributed by atoms with Gasteiger partial charge in [-0.2, -0.15) is 0 Å². The Morgan fingerprint density at radius 3 is 0.952 bits per heavy atom. The third kappa shape index (κ3) is 67.8. The van der Waals surface area contributed by atoms with Crippen LogP contribution in [0.15, 0.2) is 109 Å². The van der Waals surface area contributed by atoms with E-state index in [0.29, 0.717) is 17.4 Å². The molecular weight excluding hydrogens is 1060 g/mol. The highest BCUT2D eigenvalue weighted by Gasteiger charge is 2.22. The minimum absolute atomic E-state index is 0.0338. The molecule has 0 aliphatic heterocycles. The van der Waals surface area contributed by atoms with Crippen LogP contribution in [0.1, 0.15) is 296 Å². The number of esters is 2. The molecule has 84 heavy (non-hydrogen) atoms. The molecule has 0 aromatic rings. The van der Waals surface area contributed by atoms with Crippen molar-refractivity contribution in [2.75, 3.05) is 47.5 Å². The van der Waals surface area contributed by atoms with Crippen molar-refractivity contribution >= 4 is 19.8 Å². The van der Waals surface area contributed by atoms with Crippen LogP contribution in [-0.4, -0.2) is 70.0 Å². The van der Waals surface area contributed by atoms with Gasteiger partial charge in [-0.25, -0.2) is 0 Å². The first kappa shape index (κ1) is 80.7. The fraction of sp³-hybridized carbons (Fsp3) is 0.730. The minimum atomic E-state index is -4.65. The molecular formula is C74H130NO8P. The average Bonchev–Trinajstić information content (AvgIpc) is 3.61. The Bertz CT molecular complexity index is 1790. The molecule has 0 aromatic carbocycles. The van der Waals surface area contributed by atoms with Crippen LogP contribution in [0, 0.1) is 0 Å². The summed E-state index contributed by atoms with van der Waals surface area (Å²) in [7, 11) is 1.17. The molecule has 0 rings (SSSR count). The molecule has 0 aliphatic carbocycles. The molecule has 0 saturated heterocycles. The van der Waals surface area contributed by atoms with Gasteiger partial charge in [-0.1, -0.05) is 297 Å². The lowest BCUT2D eigenvalue weighted by atomic mass is 10.0. The number of carbonyl (C=O) groups is 2. The van der Waals surface area contributed by atoms with Gasteiger partial charge in [-0.05, 0) is 96.3 Å². The summed E-state index contributed by atoms with van der Waals surface area (Å²) in [5.41, 5.74) is 0. The second kappa shape index (κ2) is 64.2. The summed E-state index contributed by atoms with van der Waals surface area (Å²) in [4.78, 5) is 38.1.